The van der Waals surface area contributed by atoms with Gasteiger partial charge in [0.2, 0.25) is 17.7 Å². The zero-order valence-electron chi connectivity index (χ0n) is 18.5. The number of fused-ring (bicyclic) bond motifs is 1. The lowest BCUT2D eigenvalue weighted by Crippen LogP contribution is -2.40. The van der Waals surface area contributed by atoms with Crippen LogP contribution >= 0.6 is 0 Å². The van der Waals surface area contributed by atoms with Gasteiger partial charge in [-0.05, 0) is 39.0 Å². The second-order valence-corrected chi connectivity index (χ2v) is 8.78. The molecule has 2 aliphatic heterocycles. The van der Waals surface area contributed by atoms with Gasteiger partial charge in [-0.25, -0.2) is 9.97 Å². The molecule has 4 heterocycles. The van der Waals surface area contributed by atoms with Gasteiger partial charge in [0.05, 0.1) is 6.04 Å². The molecule has 2 aromatic heterocycles. The van der Waals surface area contributed by atoms with Crippen LogP contribution in [0.15, 0.2) is 4.42 Å². The zero-order chi connectivity index (χ0) is 21.3. The lowest BCUT2D eigenvalue weighted by Gasteiger charge is -2.36. The first-order valence-electron chi connectivity index (χ1n) is 11.1. The minimum Gasteiger partial charge on any atom is -0.425 e. The molecule has 8 heteroatoms. The molecule has 2 aromatic rings. The van der Waals surface area contributed by atoms with Crippen molar-refractivity contribution in [3.8, 4) is 0 Å². The first-order chi connectivity index (χ1) is 14.4. The van der Waals surface area contributed by atoms with Crippen LogP contribution in [-0.4, -0.2) is 51.1 Å². The third kappa shape index (κ3) is 4.18. The molecule has 0 aliphatic carbocycles. The second-order valence-electron chi connectivity index (χ2n) is 8.78. The van der Waals surface area contributed by atoms with Gasteiger partial charge in [-0.2, -0.15) is 0 Å². The molecule has 0 aromatic carbocycles. The maximum Gasteiger partial charge on any atom is 0.223 e. The molecule has 8 nitrogen and oxygen atoms in total. The summed E-state index contributed by atoms with van der Waals surface area (Å²) in [5, 5.41) is 8.14. The summed E-state index contributed by atoms with van der Waals surface area (Å²) in [5.74, 6) is 3.27. The molecule has 1 atom stereocenters. The van der Waals surface area contributed by atoms with Crippen LogP contribution in [-0.2, 0) is 17.6 Å². The Hall–Kier alpha value is -2.51. The highest BCUT2D eigenvalue weighted by molar-refractivity contribution is 5.77. The van der Waals surface area contributed by atoms with E-state index in [0.717, 1.165) is 62.5 Å². The molecule has 0 saturated carbocycles. The number of hydrogen-bond acceptors (Lipinski definition) is 7. The van der Waals surface area contributed by atoms with E-state index in [1.165, 1.54) is 5.56 Å². The van der Waals surface area contributed by atoms with Crippen LogP contribution in [0.2, 0.25) is 0 Å². The van der Waals surface area contributed by atoms with Crippen molar-refractivity contribution in [1.82, 2.24) is 25.1 Å². The highest BCUT2D eigenvalue weighted by atomic mass is 16.4. The normalized spacial score (nSPS) is 19.3. The number of rotatable bonds is 5. The van der Waals surface area contributed by atoms with Crippen molar-refractivity contribution in [3.63, 3.8) is 0 Å². The third-order valence-corrected chi connectivity index (χ3v) is 6.14. The summed E-state index contributed by atoms with van der Waals surface area (Å²) < 4.78 is 5.66. The van der Waals surface area contributed by atoms with Crippen LogP contribution < -0.4 is 4.90 Å². The molecular weight excluding hydrogens is 380 g/mol. The standard InChI is InChI=1S/C22H32N6O2/c1-14(2)22-26-25-18(30-22)10-11-19(29)28-13-6-5-9-17(28)20-23-15(3)16-8-7-12-27(4)21(16)24-20/h14,17H,5-13H2,1-4H3/t17-/m0/s1. The highest BCUT2D eigenvalue weighted by Crippen LogP contribution is 2.33. The quantitative estimate of drug-likeness (QED) is 0.744. The van der Waals surface area contributed by atoms with Crippen LogP contribution in [0.1, 0.15) is 86.8 Å². The van der Waals surface area contributed by atoms with E-state index in [9.17, 15) is 4.79 Å². The number of aryl methyl sites for hydroxylation is 2. The fourth-order valence-corrected chi connectivity index (χ4v) is 4.42. The van der Waals surface area contributed by atoms with Crippen LogP contribution in [0.25, 0.3) is 0 Å². The topological polar surface area (TPSA) is 88.2 Å². The SMILES string of the molecule is Cc1nc([C@@H]2CCCCN2C(=O)CCc2nnc(C(C)C)o2)nc2c1CCCN2C. The molecule has 162 valence electrons. The van der Waals surface area contributed by atoms with Crippen molar-refractivity contribution < 1.29 is 9.21 Å². The number of piperidine rings is 1. The van der Waals surface area contributed by atoms with E-state index in [4.69, 9.17) is 14.4 Å². The van der Waals surface area contributed by atoms with E-state index in [1.54, 1.807) is 0 Å². The number of likely N-dealkylation sites (tertiary alicyclic amines) is 1. The molecule has 2 aliphatic rings. The molecule has 1 saturated heterocycles. The Kier molecular flexibility index (Phi) is 6.01. The summed E-state index contributed by atoms with van der Waals surface area (Å²) in [7, 11) is 2.09. The molecule has 0 radical (unpaired) electrons. The fourth-order valence-electron chi connectivity index (χ4n) is 4.42. The molecule has 0 N–H and O–H groups in total. The zero-order valence-corrected chi connectivity index (χ0v) is 18.5. The van der Waals surface area contributed by atoms with E-state index in [0.29, 0.717) is 24.6 Å². The predicted molar refractivity (Wildman–Crippen MR) is 113 cm³/mol. The number of carbonyl (C=O) groups excluding carboxylic acids is 1. The van der Waals surface area contributed by atoms with Gasteiger partial charge >= 0.3 is 0 Å². The monoisotopic (exact) mass is 412 g/mol. The van der Waals surface area contributed by atoms with E-state index in [2.05, 4.69) is 29.1 Å². The smallest absolute Gasteiger partial charge is 0.223 e. The van der Waals surface area contributed by atoms with Crippen LogP contribution in [0.5, 0.6) is 0 Å². The van der Waals surface area contributed by atoms with Gasteiger partial charge in [0.15, 0.2) is 5.82 Å². The minimum atomic E-state index is -0.0560. The van der Waals surface area contributed by atoms with E-state index in [-0.39, 0.29) is 17.9 Å². The van der Waals surface area contributed by atoms with Gasteiger partial charge in [-0.1, -0.05) is 13.8 Å². The second kappa shape index (κ2) is 8.70. The summed E-state index contributed by atoms with van der Waals surface area (Å²) in [6.45, 7) is 7.86. The van der Waals surface area contributed by atoms with Crippen LogP contribution in [0.3, 0.4) is 0 Å². The number of amides is 1. The Bertz CT molecular complexity index is 909. The van der Waals surface area contributed by atoms with Gasteiger partial charge in [0, 0.05) is 50.2 Å². The van der Waals surface area contributed by atoms with E-state index < -0.39 is 0 Å². The Balaban J connectivity index is 1.50. The molecule has 0 unspecified atom stereocenters. The molecule has 1 amide bonds. The van der Waals surface area contributed by atoms with Gasteiger partial charge in [-0.15, -0.1) is 10.2 Å². The van der Waals surface area contributed by atoms with Crippen molar-refractivity contribution in [2.75, 3.05) is 25.0 Å². The Morgan fingerprint density at radius 3 is 2.77 bits per heavy atom. The first kappa shape index (κ1) is 20.8. The summed E-state index contributed by atoms with van der Waals surface area (Å²) in [4.78, 5) is 27.1. The molecule has 4 rings (SSSR count). The van der Waals surface area contributed by atoms with Crippen LogP contribution in [0.4, 0.5) is 5.82 Å². The van der Waals surface area contributed by atoms with Crippen molar-refractivity contribution in [3.05, 3.63) is 28.9 Å². The number of nitrogens with zero attached hydrogens (tertiary/aromatic N) is 6. The molecule has 1 fully saturated rings. The number of hydrogen-bond donors (Lipinski definition) is 0. The molecule has 0 bridgehead atoms. The maximum absolute atomic E-state index is 13.1. The van der Waals surface area contributed by atoms with Gasteiger partial charge in [-0.3, -0.25) is 4.79 Å². The van der Waals surface area contributed by atoms with Gasteiger partial charge in [0.25, 0.3) is 0 Å². The average Bonchev–Trinajstić information content (AvgIpc) is 3.22. The van der Waals surface area contributed by atoms with Gasteiger partial charge in [0.1, 0.15) is 5.82 Å². The number of anilines is 1. The average molecular weight is 413 g/mol. The Morgan fingerprint density at radius 2 is 2.00 bits per heavy atom. The van der Waals surface area contributed by atoms with Crippen molar-refractivity contribution in [1.29, 1.82) is 0 Å². The highest BCUT2D eigenvalue weighted by Gasteiger charge is 2.32. The van der Waals surface area contributed by atoms with Crippen molar-refractivity contribution in [2.24, 2.45) is 0 Å². The van der Waals surface area contributed by atoms with Crippen molar-refractivity contribution >= 4 is 11.7 Å². The molecule has 0 spiro atoms. The lowest BCUT2D eigenvalue weighted by atomic mass is 9.99. The summed E-state index contributed by atoms with van der Waals surface area (Å²) in [5.41, 5.74) is 2.30. The Labute approximate surface area is 178 Å². The predicted octanol–water partition coefficient (Wildman–Crippen LogP) is 3.36. The molecular formula is C22H32N6O2. The maximum atomic E-state index is 13.1. The van der Waals surface area contributed by atoms with Crippen LogP contribution in [0, 0.1) is 6.92 Å². The van der Waals surface area contributed by atoms with Gasteiger partial charge < -0.3 is 14.2 Å². The van der Waals surface area contributed by atoms with Crippen molar-refractivity contribution in [2.45, 2.75) is 77.7 Å². The lowest BCUT2D eigenvalue weighted by molar-refractivity contribution is -0.135. The Morgan fingerprint density at radius 1 is 1.17 bits per heavy atom. The van der Waals surface area contributed by atoms with E-state index >= 15 is 0 Å². The largest absolute Gasteiger partial charge is 0.425 e. The number of aromatic nitrogens is 4. The summed E-state index contributed by atoms with van der Waals surface area (Å²) in [6, 6.07) is -0.0560. The third-order valence-electron chi connectivity index (χ3n) is 6.14. The summed E-state index contributed by atoms with van der Waals surface area (Å²) in [6.07, 6.45) is 6.01. The number of carbonyl (C=O) groups is 1. The fraction of sp³-hybridized carbons (Fsp3) is 0.682. The minimum absolute atomic E-state index is 0.0560. The summed E-state index contributed by atoms with van der Waals surface area (Å²) >= 11 is 0. The molecule has 30 heavy (non-hydrogen) atoms. The van der Waals surface area contributed by atoms with E-state index in [1.807, 2.05) is 18.7 Å². The first-order valence-corrected chi connectivity index (χ1v) is 11.1.